The van der Waals surface area contributed by atoms with E-state index in [-0.39, 0.29) is 5.91 Å². The predicted molar refractivity (Wildman–Crippen MR) is 103 cm³/mol. The average Bonchev–Trinajstić information content (AvgIpc) is 3.46. The second-order valence-electron chi connectivity index (χ2n) is 6.52. The number of hydrogen-bond donors (Lipinski definition) is 1. The molecule has 1 saturated heterocycles. The topological polar surface area (TPSA) is 84.1 Å². The molecule has 3 aromatic rings. The number of pyridine rings is 1. The number of anilines is 1. The van der Waals surface area contributed by atoms with Gasteiger partial charge in [-0.05, 0) is 42.0 Å². The smallest absolute Gasteiger partial charge is 0.227 e. The standard InChI is InChI=1S/C19H21N5O2S/c25-17(3-4-18-22-19(23-26-18)15-6-10-27-13-15)21-12-14-5-7-20-16(11-14)24-8-1-2-9-24/h5-7,10-11,13H,1-4,8-9,12H2,(H,21,25). The van der Waals surface area contributed by atoms with Gasteiger partial charge in [0.2, 0.25) is 17.6 Å². The Morgan fingerprint density at radius 3 is 3.00 bits per heavy atom. The molecule has 1 aliphatic heterocycles. The van der Waals surface area contributed by atoms with E-state index in [0.717, 1.165) is 30.0 Å². The van der Waals surface area contributed by atoms with E-state index < -0.39 is 0 Å². The van der Waals surface area contributed by atoms with Gasteiger partial charge in [-0.2, -0.15) is 16.3 Å². The molecule has 0 aliphatic carbocycles. The molecule has 1 amide bonds. The van der Waals surface area contributed by atoms with Crippen LogP contribution in [-0.2, 0) is 17.8 Å². The van der Waals surface area contributed by atoms with Crippen LogP contribution in [0, 0.1) is 0 Å². The van der Waals surface area contributed by atoms with Crippen molar-refractivity contribution in [1.82, 2.24) is 20.4 Å². The first kappa shape index (κ1) is 17.7. The van der Waals surface area contributed by atoms with E-state index in [1.165, 1.54) is 12.8 Å². The molecule has 0 unspecified atom stereocenters. The minimum absolute atomic E-state index is 0.0372. The number of aryl methyl sites for hydroxylation is 1. The van der Waals surface area contributed by atoms with Crippen LogP contribution in [-0.4, -0.2) is 34.1 Å². The average molecular weight is 383 g/mol. The lowest BCUT2D eigenvalue weighted by molar-refractivity contribution is -0.121. The Kier molecular flexibility index (Phi) is 5.43. The monoisotopic (exact) mass is 383 g/mol. The molecule has 3 aromatic heterocycles. The minimum atomic E-state index is -0.0372. The van der Waals surface area contributed by atoms with Crippen LogP contribution < -0.4 is 10.2 Å². The lowest BCUT2D eigenvalue weighted by atomic mass is 10.2. The molecule has 0 radical (unpaired) electrons. The first-order chi connectivity index (χ1) is 13.3. The van der Waals surface area contributed by atoms with Gasteiger partial charge in [-0.3, -0.25) is 4.79 Å². The van der Waals surface area contributed by atoms with Crippen molar-refractivity contribution in [3.8, 4) is 11.4 Å². The van der Waals surface area contributed by atoms with Gasteiger partial charge in [0.15, 0.2) is 0 Å². The molecular formula is C19H21N5O2S. The summed E-state index contributed by atoms with van der Waals surface area (Å²) in [6.45, 7) is 2.60. The first-order valence-corrected chi connectivity index (χ1v) is 10.0. The van der Waals surface area contributed by atoms with Gasteiger partial charge in [0.05, 0.1) is 0 Å². The van der Waals surface area contributed by atoms with Crippen LogP contribution in [0.25, 0.3) is 11.4 Å². The van der Waals surface area contributed by atoms with Crippen LogP contribution >= 0.6 is 11.3 Å². The molecule has 7 nitrogen and oxygen atoms in total. The van der Waals surface area contributed by atoms with Gasteiger partial charge in [-0.25, -0.2) is 4.98 Å². The fraction of sp³-hybridized carbons (Fsp3) is 0.368. The number of nitrogens with zero attached hydrogens (tertiary/aromatic N) is 4. The fourth-order valence-electron chi connectivity index (χ4n) is 3.06. The Hall–Kier alpha value is -2.74. The Morgan fingerprint density at radius 2 is 2.19 bits per heavy atom. The van der Waals surface area contributed by atoms with Crippen LogP contribution in [0.2, 0.25) is 0 Å². The second-order valence-corrected chi connectivity index (χ2v) is 7.30. The fourth-order valence-corrected chi connectivity index (χ4v) is 3.70. The van der Waals surface area contributed by atoms with Gasteiger partial charge in [-0.15, -0.1) is 0 Å². The number of thiophene rings is 1. The van der Waals surface area contributed by atoms with Crippen molar-refractivity contribution in [1.29, 1.82) is 0 Å². The van der Waals surface area contributed by atoms with Crippen molar-refractivity contribution in [2.75, 3.05) is 18.0 Å². The van der Waals surface area contributed by atoms with E-state index in [0.29, 0.717) is 31.1 Å². The highest BCUT2D eigenvalue weighted by Crippen LogP contribution is 2.19. The number of carbonyl (C=O) groups excluding carboxylic acids is 1. The van der Waals surface area contributed by atoms with E-state index in [1.807, 2.05) is 22.9 Å². The molecule has 0 atom stereocenters. The molecule has 1 N–H and O–H groups in total. The van der Waals surface area contributed by atoms with Crippen molar-refractivity contribution in [3.63, 3.8) is 0 Å². The zero-order valence-electron chi connectivity index (χ0n) is 14.9. The van der Waals surface area contributed by atoms with E-state index in [4.69, 9.17) is 4.52 Å². The molecule has 0 spiro atoms. The molecule has 4 heterocycles. The van der Waals surface area contributed by atoms with Crippen LogP contribution in [0.1, 0.15) is 30.7 Å². The number of rotatable bonds is 7. The molecule has 8 heteroatoms. The number of amides is 1. The SMILES string of the molecule is O=C(CCc1nc(-c2ccsc2)no1)NCc1ccnc(N2CCCC2)c1. The molecular weight excluding hydrogens is 362 g/mol. The van der Waals surface area contributed by atoms with Gasteiger partial charge < -0.3 is 14.7 Å². The van der Waals surface area contributed by atoms with E-state index >= 15 is 0 Å². The third-order valence-corrected chi connectivity index (χ3v) is 5.23. The van der Waals surface area contributed by atoms with E-state index in [1.54, 1.807) is 17.5 Å². The highest BCUT2D eigenvalue weighted by molar-refractivity contribution is 7.08. The van der Waals surface area contributed by atoms with Gasteiger partial charge in [0.25, 0.3) is 0 Å². The molecule has 4 rings (SSSR count). The number of nitrogens with one attached hydrogen (secondary N) is 1. The lowest BCUT2D eigenvalue weighted by Crippen LogP contribution is -2.24. The quantitative estimate of drug-likeness (QED) is 0.675. The van der Waals surface area contributed by atoms with Gasteiger partial charge in [0, 0.05) is 49.6 Å². The Balaban J connectivity index is 1.26. The van der Waals surface area contributed by atoms with Crippen LogP contribution in [0.4, 0.5) is 5.82 Å². The molecule has 0 bridgehead atoms. The highest BCUT2D eigenvalue weighted by atomic mass is 32.1. The summed E-state index contributed by atoms with van der Waals surface area (Å²) in [6, 6.07) is 5.93. The predicted octanol–water partition coefficient (Wildman–Crippen LogP) is 3.04. The molecule has 0 aromatic carbocycles. The number of carbonyl (C=O) groups is 1. The summed E-state index contributed by atoms with van der Waals surface area (Å²) >= 11 is 1.58. The van der Waals surface area contributed by atoms with Gasteiger partial charge in [-0.1, -0.05) is 5.16 Å². The summed E-state index contributed by atoms with van der Waals surface area (Å²) in [4.78, 5) is 23.2. The lowest BCUT2D eigenvalue weighted by Gasteiger charge is -2.16. The number of aromatic nitrogens is 3. The Morgan fingerprint density at radius 1 is 1.30 bits per heavy atom. The molecule has 1 aliphatic rings. The van der Waals surface area contributed by atoms with Crippen LogP contribution in [0.5, 0.6) is 0 Å². The minimum Gasteiger partial charge on any atom is -0.357 e. The van der Waals surface area contributed by atoms with Gasteiger partial charge in [0.1, 0.15) is 5.82 Å². The summed E-state index contributed by atoms with van der Waals surface area (Å²) in [7, 11) is 0. The number of hydrogen-bond acceptors (Lipinski definition) is 7. The summed E-state index contributed by atoms with van der Waals surface area (Å²) in [5, 5.41) is 10.8. The maximum atomic E-state index is 12.1. The summed E-state index contributed by atoms with van der Waals surface area (Å²) in [5.41, 5.74) is 1.99. The van der Waals surface area contributed by atoms with E-state index in [9.17, 15) is 4.79 Å². The third kappa shape index (κ3) is 4.51. The van der Waals surface area contributed by atoms with Gasteiger partial charge >= 0.3 is 0 Å². The summed E-state index contributed by atoms with van der Waals surface area (Å²) in [6.07, 6.45) is 4.98. The largest absolute Gasteiger partial charge is 0.357 e. The van der Waals surface area contributed by atoms with Crippen molar-refractivity contribution in [2.24, 2.45) is 0 Å². The van der Waals surface area contributed by atoms with Crippen LogP contribution in [0.15, 0.2) is 39.7 Å². The van der Waals surface area contributed by atoms with Crippen molar-refractivity contribution in [2.45, 2.75) is 32.2 Å². The maximum absolute atomic E-state index is 12.1. The second kappa shape index (κ2) is 8.30. The summed E-state index contributed by atoms with van der Waals surface area (Å²) < 4.78 is 5.22. The molecule has 140 valence electrons. The maximum Gasteiger partial charge on any atom is 0.227 e. The van der Waals surface area contributed by atoms with Crippen molar-refractivity contribution in [3.05, 3.63) is 46.6 Å². The third-order valence-electron chi connectivity index (χ3n) is 4.54. The normalized spacial score (nSPS) is 13.9. The first-order valence-electron chi connectivity index (χ1n) is 9.10. The zero-order chi connectivity index (χ0) is 18.5. The Bertz CT molecular complexity index is 887. The molecule has 0 saturated carbocycles. The van der Waals surface area contributed by atoms with Crippen molar-refractivity contribution < 1.29 is 9.32 Å². The zero-order valence-corrected chi connectivity index (χ0v) is 15.7. The van der Waals surface area contributed by atoms with Crippen LogP contribution in [0.3, 0.4) is 0 Å². The summed E-state index contributed by atoms with van der Waals surface area (Å²) in [5.74, 6) is 2.00. The van der Waals surface area contributed by atoms with E-state index in [2.05, 4.69) is 31.4 Å². The highest BCUT2D eigenvalue weighted by Gasteiger charge is 2.14. The Labute approximate surface area is 161 Å². The van der Waals surface area contributed by atoms with Crippen molar-refractivity contribution >= 4 is 23.1 Å². The molecule has 1 fully saturated rings. The molecule has 27 heavy (non-hydrogen) atoms.